The van der Waals surface area contributed by atoms with Crippen LogP contribution in [-0.2, 0) is 0 Å². The fourth-order valence-electron chi connectivity index (χ4n) is 3.02. The van der Waals surface area contributed by atoms with Gasteiger partial charge in [0.15, 0.2) is 11.5 Å². The van der Waals surface area contributed by atoms with Crippen LogP contribution in [0.5, 0.6) is 0 Å². The van der Waals surface area contributed by atoms with Gasteiger partial charge < -0.3 is 5.32 Å². The highest BCUT2D eigenvalue weighted by atomic mass is 16.2. The molecular formula is C21H19N5O. The number of aryl methyl sites for hydroxylation is 1. The molecule has 3 N–H and O–H groups in total. The number of amides is 2. The number of aromatic nitrogens is 3. The molecule has 0 radical (unpaired) electrons. The molecule has 2 heterocycles. The Hall–Kier alpha value is -3.67. The molecule has 0 spiro atoms. The average Bonchev–Trinajstić information content (AvgIpc) is 3.09. The molecule has 2 amide bonds. The number of aromatic amines is 1. The predicted octanol–water partition coefficient (Wildman–Crippen LogP) is 4.18. The quantitative estimate of drug-likeness (QED) is 0.512. The maximum absolute atomic E-state index is 12.7. The Bertz CT molecular complexity index is 1020. The number of urea groups is 1. The van der Waals surface area contributed by atoms with Gasteiger partial charge in [-0.05, 0) is 30.2 Å². The molecule has 2 aromatic heterocycles. The van der Waals surface area contributed by atoms with Gasteiger partial charge in [0.05, 0.1) is 11.4 Å². The summed E-state index contributed by atoms with van der Waals surface area (Å²) in [6.45, 7) is 1.91. The first-order chi connectivity index (χ1) is 13.2. The van der Waals surface area contributed by atoms with Gasteiger partial charge in [0.25, 0.3) is 0 Å². The Balaban J connectivity index is 1.58. The van der Waals surface area contributed by atoms with Crippen LogP contribution in [0.3, 0.4) is 0 Å². The molecule has 4 aromatic rings. The molecule has 0 saturated carbocycles. The van der Waals surface area contributed by atoms with E-state index in [0.29, 0.717) is 11.5 Å². The van der Waals surface area contributed by atoms with E-state index in [1.54, 1.807) is 0 Å². The topological polar surface area (TPSA) is 82.7 Å². The van der Waals surface area contributed by atoms with Gasteiger partial charge in [-0.1, -0.05) is 60.7 Å². The number of carbonyl (C=O) groups excluding carboxylic acids is 1. The Morgan fingerprint density at radius 1 is 0.926 bits per heavy atom. The highest BCUT2D eigenvalue weighted by molar-refractivity contribution is 5.98. The van der Waals surface area contributed by atoms with Gasteiger partial charge in [-0.3, -0.25) is 10.4 Å². The van der Waals surface area contributed by atoms with Crippen LogP contribution >= 0.6 is 0 Å². The van der Waals surface area contributed by atoms with Crippen molar-refractivity contribution < 1.29 is 4.79 Å². The number of H-pyrrole nitrogens is 1. The number of fused-ring (bicyclic) bond motifs is 1. The van der Waals surface area contributed by atoms with E-state index in [4.69, 9.17) is 0 Å². The van der Waals surface area contributed by atoms with Crippen LogP contribution in [-0.4, -0.2) is 21.2 Å². The summed E-state index contributed by atoms with van der Waals surface area (Å²) in [6.07, 6.45) is 0. The largest absolute Gasteiger partial charge is 0.327 e. The number of nitrogens with zero attached hydrogens (tertiary/aromatic N) is 2. The van der Waals surface area contributed by atoms with E-state index in [2.05, 4.69) is 25.8 Å². The summed E-state index contributed by atoms with van der Waals surface area (Å²) in [6, 6.07) is 22.9. The third-order valence-electron chi connectivity index (χ3n) is 4.34. The van der Waals surface area contributed by atoms with Crippen LogP contribution in [0.2, 0.25) is 0 Å². The summed E-state index contributed by atoms with van der Waals surface area (Å²) >= 11 is 0. The number of hydrogen-bond donors (Lipinski definition) is 3. The van der Waals surface area contributed by atoms with Gasteiger partial charge in [0, 0.05) is 5.69 Å². The molecule has 2 aromatic carbocycles. The van der Waals surface area contributed by atoms with Crippen molar-refractivity contribution in [2.75, 3.05) is 5.32 Å². The van der Waals surface area contributed by atoms with Gasteiger partial charge in [-0.15, -0.1) is 0 Å². The minimum absolute atomic E-state index is 0.266. The smallest absolute Gasteiger partial charge is 0.321 e. The lowest BCUT2D eigenvalue weighted by molar-refractivity contribution is 0.250. The third-order valence-corrected chi connectivity index (χ3v) is 4.34. The first-order valence-corrected chi connectivity index (χ1v) is 8.70. The number of anilines is 1. The van der Waals surface area contributed by atoms with E-state index in [-0.39, 0.29) is 12.1 Å². The van der Waals surface area contributed by atoms with Gasteiger partial charge in [0.2, 0.25) is 0 Å². The Morgan fingerprint density at radius 3 is 2.19 bits per heavy atom. The minimum Gasteiger partial charge on any atom is -0.327 e. The second-order valence-corrected chi connectivity index (χ2v) is 6.27. The Kier molecular flexibility index (Phi) is 4.53. The zero-order valence-corrected chi connectivity index (χ0v) is 14.8. The summed E-state index contributed by atoms with van der Waals surface area (Å²) in [4.78, 5) is 17.1. The number of nitrogens with one attached hydrogen (secondary N) is 3. The third kappa shape index (κ3) is 3.64. The molecule has 6 nitrogen and oxygen atoms in total. The average molecular weight is 357 g/mol. The molecule has 0 atom stereocenters. The van der Waals surface area contributed by atoms with Crippen molar-refractivity contribution in [3.63, 3.8) is 0 Å². The fourth-order valence-corrected chi connectivity index (χ4v) is 3.02. The summed E-state index contributed by atoms with van der Waals surface area (Å²) in [5.41, 5.74) is 3.54. The lowest BCUT2D eigenvalue weighted by atomic mass is 9.99. The molecule has 0 aliphatic heterocycles. The van der Waals surface area contributed by atoms with Crippen molar-refractivity contribution in [1.29, 1.82) is 0 Å². The normalized spacial score (nSPS) is 10.9. The van der Waals surface area contributed by atoms with Gasteiger partial charge in [-0.25, -0.2) is 9.78 Å². The van der Waals surface area contributed by atoms with E-state index in [9.17, 15) is 4.79 Å². The SMILES string of the molecule is Cc1ccc2c(NC(=O)NC(c3ccccc3)c3ccccc3)n[nH]c2n1. The molecule has 0 aliphatic carbocycles. The van der Waals surface area contributed by atoms with E-state index in [0.717, 1.165) is 22.2 Å². The Labute approximate surface area is 156 Å². The van der Waals surface area contributed by atoms with Gasteiger partial charge in [0.1, 0.15) is 0 Å². The number of rotatable bonds is 4. The summed E-state index contributed by atoms with van der Waals surface area (Å²) in [7, 11) is 0. The first kappa shape index (κ1) is 16.8. The molecule has 27 heavy (non-hydrogen) atoms. The lowest BCUT2D eigenvalue weighted by Crippen LogP contribution is -2.33. The number of carbonyl (C=O) groups is 1. The standard InChI is InChI=1S/C21H19N5O/c1-14-12-13-17-19(22-14)25-26-20(17)24-21(27)23-18(15-8-4-2-5-9-15)16-10-6-3-7-11-16/h2-13,18H,1H3,(H3,22,23,24,25,26,27). The van der Waals surface area contributed by atoms with E-state index in [1.807, 2.05) is 79.7 Å². The van der Waals surface area contributed by atoms with Crippen molar-refractivity contribution in [1.82, 2.24) is 20.5 Å². The van der Waals surface area contributed by atoms with Crippen LogP contribution in [0.25, 0.3) is 11.0 Å². The minimum atomic E-state index is -0.332. The van der Waals surface area contributed by atoms with E-state index in [1.165, 1.54) is 0 Å². The Morgan fingerprint density at radius 2 is 1.56 bits per heavy atom. The fraction of sp³-hybridized carbons (Fsp3) is 0.0952. The molecule has 4 rings (SSSR count). The summed E-state index contributed by atoms with van der Waals surface area (Å²) in [5, 5.41) is 13.6. The van der Waals surface area contributed by atoms with Crippen molar-refractivity contribution in [2.24, 2.45) is 0 Å². The number of hydrogen-bond acceptors (Lipinski definition) is 3. The predicted molar refractivity (Wildman–Crippen MR) is 106 cm³/mol. The molecule has 134 valence electrons. The maximum atomic E-state index is 12.7. The summed E-state index contributed by atoms with van der Waals surface area (Å²) < 4.78 is 0. The highest BCUT2D eigenvalue weighted by Gasteiger charge is 2.18. The molecule has 0 aliphatic rings. The summed E-state index contributed by atoms with van der Waals surface area (Å²) in [5.74, 6) is 0.454. The molecular weight excluding hydrogens is 338 g/mol. The zero-order valence-electron chi connectivity index (χ0n) is 14.8. The molecule has 0 unspecified atom stereocenters. The highest BCUT2D eigenvalue weighted by Crippen LogP contribution is 2.23. The van der Waals surface area contributed by atoms with Crippen molar-refractivity contribution >= 4 is 22.9 Å². The van der Waals surface area contributed by atoms with Crippen molar-refractivity contribution in [3.8, 4) is 0 Å². The van der Waals surface area contributed by atoms with Crippen LogP contribution in [0.1, 0.15) is 22.9 Å². The van der Waals surface area contributed by atoms with E-state index >= 15 is 0 Å². The van der Waals surface area contributed by atoms with Gasteiger partial charge in [-0.2, -0.15) is 5.10 Å². The maximum Gasteiger partial charge on any atom is 0.321 e. The first-order valence-electron chi connectivity index (χ1n) is 8.70. The molecule has 6 heteroatoms. The van der Waals surface area contributed by atoms with Crippen molar-refractivity contribution in [2.45, 2.75) is 13.0 Å². The molecule has 0 fully saturated rings. The number of benzene rings is 2. The van der Waals surface area contributed by atoms with E-state index < -0.39 is 0 Å². The van der Waals surface area contributed by atoms with Crippen LogP contribution < -0.4 is 10.6 Å². The molecule has 0 saturated heterocycles. The van der Waals surface area contributed by atoms with Gasteiger partial charge >= 0.3 is 6.03 Å². The second-order valence-electron chi connectivity index (χ2n) is 6.27. The number of pyridine rings is 1. The molecule has 0 bridgehead atoms. The van der Waals surface area contributed by atoms with Crippen LogP contribution in [0.4, 0.5) is 10.6 Å². The second kappa shape index (κ2) is 7.29. The van der Waals surface area contributed by atoms with Crippen LogP contribution in [0.15, 0.2) is 72.8 Å². The van der Waals surface area contributed by atoms with Crippen molar-refractivity contribution in [3.05, 3.63) is 89.6 Å². The zero-order chi connectivity index (χ0) is 18.6. The monoisotopic (exact) mass is 357 g/mol. The van der Waals surface area contributed by atoms with Crippen LogP contribution in [0, 0.1) is 6.92 Å². The lowest BCUT2D eigenvalue weighted by Gasteiger charge is -2.20.